The maximum absolute atomic E-state index is 13.3. The first-order valence-corrected chi connectivity index (χ1v) is 12.8. The number of aliphatic hydroxyl groups is 2. The van der Waals surface area contributed by atoms with Crippen LogP contribution < -0.4 is 14.8 Å². The van der Waals surface area contributed by atoms with Gasteiger partial charge in [-0.15, -0.1) is 0 Å². The van der Waals surface area contributed by atoms with Crippen LogP contribution >= 0.6 is 0 Å². The van der Waals surface area contributed by atoms with Crippen molar-refractivity contribution in [2.24, 2.45) is 0 Å². The normalized spacial score (nSPS) is 21.6. The molecule has 208 valence electrons. The second kappa shape index (κ2) is 13.0. The van der Waals surface area contributed by atoms with Crippen molar-refractivity contribution in [2.75, 3.05) is 33.4 Å². The molecule has 4 atom stereocenters. The first-order valence-electron chi connectivity index (χ1n) is 12.8. The number of carbonyl (C=O) groups is 4. The van der Waals surface area contributed by atoms with Crippen LogP contribution in [0.5, 0.6) is 11.5 Å². The Hall–Kier alpha value is -3.28. The van der Waals surface area contributed by atoms with E-state index in [1.165, 1.54) is 24.2 Å². The van der Waals surface area contributed by atoms with Gasteiger partial charge in [0.2, 0.25) is 11.7 Å². The van der Waals surface area contributed by atoms with Crippen molar-refractivity contribution in [1.82, 2.24) is 10.2 Å². The van der Waals surface area contributed by atoms with Gasteiger partial charge in [-0.3, -0.25) is 19.2 Å². The third kappa shape index (κ3) is 6.06. The van der Waals surface area contributed by atoms with Crippen molar-refractivity contribution in [1.29, 1.82) is 0 Å². The number of methoxy groups -OCH3 is 1. The molecule has 0 spiro atoms. The molecule has 4 unspecified atom stereocenters. The smallest absolute Gasteiger partial charge is 0.290 e. The molecule has 1 aliphatic heterocycles. The van der Waals surface area contributed by atoms with E-state index >= 15 is 0 Å². The number of ether oxygens (including phenoxy) is 3. The summed E-state index contributed by atoms with van der Waals surface area (Å²) in [6, 6.07) is 2.01. The van der Waals surface area contributed by atoms with Crippen molar-refractivity contribution in [3.8, 4) is 11.5 Å². The average molecular weight is 533 g/mol. The number of nitrogens with zero attached hydrogens (tertiary/aromatic N) is 1. The Kier molecular flexibility index (Phi) is 10.0. The van der Waals surface area contributed by atoms with Gasteiger partial charge in [0.05, 0.1) is 31.8 Å². The molecule has 1 aromatic rings. The lowest BCUT2D eigenvalue weighted by atomic mass is 9.77. The molecule has 2 amide bonds. The molecule has 3 rings (SSSR count). The fourth-order valence-corrected chi connectivity index (χ4v) is 4.81. The maximum Gasteiger partial charge on any atom is 0.290 e. The van der Waals surface area contributed by atoms with Gasteiger partial charge in [-0.25, -0.2) is 0 Å². The monoisotopic (exact) mass is 532 g/mol. The van der Waals surface area contributed by atoms with E-state index in [1.54, 1.807) is 13.0 Å². The zero-order chi connectivity index (χ0) is 28.0. The maximum atomic E-state index is 13.3. The highest BCUT2D eigenvalue weighted by Gasteiger charge is 2.51. The van der Waals surface area contributed by atoms with E-state index in [9.17, 15) is 29.4 Å². The minimum Gasteiger partial charge on any atom is -0.493 e. The molecule has 0 fully saturated rings. The number of nitrogens with one attached hydrogen (secondary N) is 1. The van der Waals surface area contributed by atoms with E-state index in [-0.39, 0.29) is 49.3 Å². The Morgan fingerprint density at radius 1 is 1.26 bits per heavy atom. The molecule has 11 nitrogen and oxygen atoms in total. The molecule has 1 aromatic carbocycles. The van der Waals surface area contributed by atoms with Crippen LogP contribution in [0.1, 0.15) is 55.5 Å². The topological polar surface area (TPSA) is 152 Å². The molecular weight excluding hydrogens is 496 g/mol. The number of aldehydes is 1. The number of carbonyl (C=O) groups excluding carboxylic acids is 4. The van der Waals surface area contributed by atoms with E-state index in [0.717, 1.165) is 0 Å². The van der Waals surface area contributed by atoms with Crippen LogP contribution in [0.3, 0.4) is 0 Å². The molecular formula is C27H36N2O9. The van der Waals surface area contributed by atoms with Gasteiger partial charge in [0.15, 0.2) is 11.5 Å². The Morgan fingerprint density at radius 2 is 2.00 bits per heavy atom. The minimum atomic E-state index is -1.31. The largest absolute Gasteiger partial charge is 0.493 e. The highest BCUT2D eigenvalue weighted by Crippen LogP contribution is 2.51. The van der Waals surface area contributed by atoms with Crippen molar-refractivity contribution < 1.29 is 43.6 Å². The predicted molar refractivity (Wildman–Crippen MR) is 136 cm³/mol. The second-order valence-electron chi connectivity index (χ2n) is 9.45. The Balaban J connectivity index is 2.08. The summed E-state index contributed by atoms with van der Waals surface area (Å²) in [5.74, 6) is -2.18. The van der Waals surface area contributed by atoms with E-state index in [1.807, 2.05) is 13.8 Å². The summed E-state index contributed by atoms with van der Waals surface area (Å²) in [5, 5.41) is 23.4. The fraction of sp³-hybridized carbons (Fsp3) is 0.556. The zero-order valence-corrected chi connectivity index (χ0v) is 22.1. The van der Waals surface area contributed by atoms with Gasteiger partial charge >= 0.3 is 0 Å². The minimum absolute atomic E-state index is 0.0178. The van der Waals surface area contributed by atoms with E-state index in [0.29, 0.717) is 30.4 Å². The van der Waals surface area contributed by atoms with Crippen molar-refractivity contribution in [3.63, 3.8) is 0 Å². The van der Waals surface area contributed by atoms with Crippen LogP contribution in [0, 0.1) is 0 Å². The summed E-state index contributed by atoms with van der Waals surface area (Å²) < 4.78 is 17.1. The van der Waals surface area contributed by atoms with Crippen molar-refractivity contribution in [3.05, 3.63) is 34.9 Å². The highest BCUT2D eigenvalue weighted by molar-refractivity contribution is 6.36. The molecule has 0 radical (unpaired) electrons. The summed E-state index contributed by atoms with van der Waals surface area (Å²) >= 11 is 0. The number of ketones is 1. The van der Waals surface area contributed by atoms with Gasteiger partial charge in [0, 0.05) is 42.8 Å². The lowest BCUT2D eigenvalue weighted by molar-refractivity contribution is -0.148. The number of hydrogen-bond donors (Lipinski definition) is 3. The number of Topliss-reactive ketones (excluding diaryl/α,β-unsaturated/α-hetero) is 1. The lowest BCUT2D eigenvalue weighted by Crippen LogP contribution is -2.57. The fourth-order valence-electron chi connectivity index (χ4n) is 4.81. The third-order valence-corrected chi connectivity index (χ3v) is 6.59. The molecule has 2 aliphatic rings. The van der Waals surface area contributed by atoms with Gasteiger partial charge in [-0.05, 0) is 38.5 Å². The molecule has 38 heavy (non-hydrogen) atoms. The SMILES string of the molecule is CCC(=O)C(=O)N(CCCOC(C)C)C1C=C(C(=O)NCCO)C2c3cc(C=O)cc(OC)c3OC2C1O. The molecule has 0 bridgehead atoms. The molecule has 11 heteroatoms. The van der Waals surface area contributed by atoms with Gasteiger partial charge in [-0.2, -0.15) is 0 Å². The average Bonchev–Trinajstić information content (AvgIpc) is 3.31. The van der Waals surface area contributed by atoms with Gasteiger partial charge in [0.1, 0.15) is 18.5 Å². The second-order valence-corrected chi connectivity index (χ2v) is 9.45. The number of benzene rings is 1. The lowest BCUT2D eigenvalue weighted by Gasteiger charge is -2.40. The number of rotatable bonds is 13. The quantitative estimate of drug-likeness (QED) is 0.190. The standard InChI is InChI=1S/C27H36N2O9/c1-5-20(32)27(35)29(8-6-10-37-15(2)3)19-13-18(26(34)28-7-9-30)22-17-11-16(14-31)12-21(36-4)24(17)38-25(22)23(19)33/h11-15,19,22-23,25,30,33H,5-10H2,1-4H3,(H,28,34). The molecule has 0 saturated heterocycles. The number of hydrogen-bond acceptors (Lipinski definition) is 9. The molecule has 1 aliphatic carbocycles. The van der Waals surface area contributed by atoms with Gasteiger partial charge in [0.25, 0.3) is 5.91 Å². The van der Waals surface area contributed by atoms with E-state index in [2.05, 4.69) is 5.32 Å². The van der Waals surface area contributed by atoms with Crippen LogP contribution in [-0.2, 0) is 19.1 Å². The van der Waals surface area contributed by atoms with Crippen LogP contribution in [0.15, 0.2) is 23.8 Å². The summed E-state index contributed by atoms with van der Waals surface area (Å²) in [7, 11) is 1.41. The van der Waals surface area contributed by atoms with Crippen LogP contribution in [0.2, 0.25) is 0 Å². The van der Waals surface area contributed by atoms with E-state index < -0.39 is 41.8 Å². The van der Waals surface area contributed by atoms with Crippen LogP contribution in [0.4, 0.5) is 0 Å². The molecule has 3 N–H and O–H groups in total. The molecule has 1 heterocycles. The number of fused-ring (bicyclic) bond motifs is 3. The van der Waals surface area contributed by atoms with Crippen LogP contribution in [-0.4, -0.2) is 96.8 Å². The summed E-state index contributed by atoms with van der Waals surface area (Å²) in [4.78, 5) is 51.7. The Morgan fingerprint density at radius 3 is 2.61 bits per heavy atom. The number of amides is 2. The summed E-state index contributed by atoms with van der Waals surface area (Å²) in [6.07, 6.45) is 0.153. The Bertz CT molecular complexity index is 1080. The molecule has 0 aromatic heterocycles. The van der Waals surface area contributed by atoms with Crippen molar-refractivity contribution >= 4 is 23.9 Å². The summed E-state index contributed by atoms with van der Waals surface area (Å²) in [5.41, 5.74) is 0.960. The Labute approximate surface area is 221 Å². The predicted octanol–water partition coefficient (Wildman–Crippen LogP) is 0.753. The first-order chi connectivity index (χ1) is 18.2. The van der Waals surface area contributed by atoms with Gasteiger partial charge < -0.3 is 34.6 Å². The van der Waals surface area contributed by atoms with E-state index in [4.69, 9.17) is 14.2 Å². The van der Waals surface area contributed by atoms with Crippen molar-refractivity contribution in [2.45, 2.75) is 63.9 Å². The number of aliphatic hydroxyl groups excluding tert-OH is 2. The van der Waals surface area contributed by atoms with Gasteiger partial charge in [-0.1, -0.05) is 6.92 Å². The summed E-state index contributed by atoms with van der Waals surface area (Å²) in [6.45, 7) is 5.46. The highest BCUT2D eigenvalue weighted by atomic mass is 16.5. The first kappa shape index (κ1) is 29.3. The zero-order valence-electron chi connectivity index (χ0n) is 22.1. The van der Waals surface area contributed by atoms with Crippen LogP contribution in [0.25, 0.3) is 0 Å². The third-order valence-electron chi connectivity index (χ3n) is 6.59. The molecule has 0 saturated carbocycles.